The van der Waals surface area contributed by atoms with E-state index in [4.69, 9.17) is 4.74 Å². The Balaban J connectivity index is 1.73. The summed E-state index contributed by atoms with van der Waals surface area (Å²) in [5.41, 5.74) is 3.79. The van der Waals surface area contributed by atoms with Crippen LogP contribution in [0.1, 0.15) is 55.6 Å². The Labute approximate surface area is 193 Å². The second-order valence-corrected chi connectivity index (χ2v) is 8.41. The standard InChI is InChI=1S/C22H22N6O4S/c1-6-32-22(31)18-11(2)19(13(4)29)33-21(18)25-20(30)15-9-17-23-8-7-16(28(17)26-15)14-10-24-27(5)12(14)3/h7-10H,6H2,1-5H3,(H,25,30). The van der Waals surface area contributed by atoms with Crippen molar-refractivity contribution in [2.24, 2.45) is 7.05 Å². The van der Waals surface area contributed by atoms with E-state index in [0.29, 0.717) is 16.1 Å². The number of thiophene rings is 1. The van der Waals surface area contributed by atoms with Gasteiger partial charge >= 0.3 is 5.97 Å². The van der Waals surface area contributed by atoms with E-state index >= 15 is 0 Å². The minimum Gasteiger partial charge on any atom is -0.462 e. The summed E-state index contributed by atoms with van der Waals surface area (Å²) in [6.45, 7) is 6.87. The fraction of sp³-hybridized carbons (Fsp3) is 0.273. The van der Waals surface area contributed by atoms with Gasteiger partial charge in [0.1, 0.15) is 5.00 Å². The van der Waals surface area contributed by atoms with Gasteiger partial charge in [-0.15, -0.1) is 11.3 Å². The number of hydrogen-bond donors (Lipinski definition) is 1. The number of aromatic nitrogens is 5. The van der Waals surface area contributed by atoms with E-state index in [2.05, 4.69) is 20.5 Å². The Hall–Kier alpha value is -3.86. The van der Waals surface area contributed by atoms with E-state index in [-0.39, 0.29) is 28.6 Å². The topological polar surface area (TPSA) is 120 Å². The molecule has 170 valence electrons. The van der Waals surface area contributed by atoms with Gasteiger partial charge in [0.15, 0.2) is 17.1 Å². The Kier molecular flexibility index (Phi) is 5.81. The molecule has 0 fully saturated rings. The van der Waals surface area contributed by atoms with Crippen molar-refractivity contribution in [1.29, 1.82) is 0 Å². The summed E-state index contributed by atoms with van der Waals surface area (Å²) in [5.74, 6) is -1.33. The molecule has 4 heterocycles. The molecule has 4 aromatic heterocycles. The highest BCUT2D eigenvalue weighted by Gasteiger charge is 2.26. The molecule has 0 aliphatic rings. The van der Waals surface area contributed by atoms with Crippen molar-refractivity contribution in [3.8, 4) is 11.3 Å². The predicted molar refractivity (Wildman–Crippen MR) is 123 cm³/mol. The molecule has 0 aromatic carbocycles. The maximum absolute atomic E-state index is 13.1. The Bertz CT molecular complexity index is 1410. The maximum Gasteiger partial charge on any atom is 0.341 e. The van der Waals surface area contributed by atoms with Gasteiger partial charge in [0, 0.05) is 30.6 Å². The van der Waals surface area contributed by atoms with Gasteiger partial charge in [0.05, 0.1) is 28.9 Å². The van der Waals surface area contributed by atoms with E-state index in [1.807, 2.05) is 14.0 Å². The number of esters is 1. The van der Waals surface area contributed by atoms with Gasteiger partial charge in [-0.05, 0) is 39.3 Å². The first-order valence-electron chi connectivity index (χ1n) is 10.2. The number of carbonyl (C=O) groups excluding carboxylic acids is 3. The monoisotopic (exact) mass is 466 g/mol. The van der Waals surface area contributed by atoms with Gasteiger partial charge in [0.25, 0.3) is 5.91 Å². The zero-order chi connectivity index (χ0) is 23.9. The van der Waals surface area contributed by atoms with E-state index in [0.717, 1.165) is 28.3 Å². The second kappa shape index (κ2) is 8.58. The van der Waals surface area contributed by atoms with Crippen LogP contribution >= 0.6 is 11.3 Å². The molecule has 11 heteroatoms. The van der Waals surface area contributed by atoms with Crippen molar-refractivity contribution in [1.82, 2.24) is 24.4 Å². The van der Waals surface area contributed by atoms with Crippen molar-refractivity contribution in [3.63, 3.8) is 0 Å². The summed E-state index contributed by atoms with van der Waals surface area (Å²) in [4.78, 5) is 42.3. The Morgan fingerprint density at radius 2 is 2.00 bits per heavy atom. The molecule has 0 bridgehead atoms. The normalized spacial score (nSPS) is 11.1. The molecule has 0 atom stereocenters. The average Bonchev–Trinajstić information content (AvgIpc) is 3.44. The van der Waals surface area contributed by atoms with Crippen LogP contribution in [0, 0.1) is 13.8 Å². The first-order chi connectivity index (χ1) is 15.7. The van der Waals surface area contributed by atoms with E-state index in [1.165, 1.54) is 6.92 Å². The maximum atomic E-state index is 13.1. The predicted octanol–water partition coefficient (Wildman–Crippen LogP) is 3.44. The molecule has 0 aliphatic heterocycles. The number of nitrogens with zero attached hydrogens (tertiary/aromatic N) is 5. The minimum atomic E-state index is -0.597. The lowest BCUT2D eigenvalue weighted by molar-refractivity contribution is 0.0527. The number of ether oxygens (including phenoxy) is 1. The van der Waals surface area contributed by atoms with Crippen LogP contribution in [0.2, 0.25) is 0 Å². The van der Waals surface area contributed by atoms with Crippen LogP contribution < -0.4 is 5.32 Å². The molecule has 0 spiro atoms. The number of carbonyl (C=O) groups is 3. The first-order valence-corrected chi connectivity index (χ1v) is 11.0. The number of ketones is 1. The molecule has 0 saturated heterocycles. The number of anilines is 1. The van der Waals surface area contributed by atoms with Crippen LogP contribution in [0.15, 0.2) is 24.5 Å². The van der Waals surface area contributed by atoms with Gasteiger partial charge in [-0.2, -0.15) is 10.2 Å². The van der Waals surface area contributed by atoms with Gasteiger partial charge < -0.3 is 10.1 Å². The van der Waals surface area contributed by atoms with Crippen LogP contribution in [-0.4, -0.2) is 48.6 Å². The second-order valence-electron chi connectivity index (χ2n) is 7.39. The third-order valence-corrected chi connectivity index (χ3v) is 6.58. The number of amides is 1. The van der Waals surface area contributed by atoms with Crippen molar-refractivity contribution in [2.75, 3.05) is 11.9 Å². The SMILES string of the molecule is CCOC(=O)c1c(NC(=O)c2cc3nccc(-c4cnn(C)c4C)n3n2)sc(C(C)=O)c1C. The Morgan fingerprint density at radius 3 is 2.64 bits per heavy atom. The number of aryl methyl sites for hydroxylation is 1. The van der Waals surface area contributed by atoms with Crippen LogP contribution in [-0.2, 0) is 11.8 Å². The summed E-state index contributed by atoms with van der Waals surface area (Å²) >= 11 is 1.04. The summed E-state index contributed by atoms with van der Waals surface area (Å²) in [6.07, 6.45) is 3.37. The molecule has 0 saturated carbocycles. The fourth-order valence-corrected chi connectivity index (χ4v) is 4.60. The van der Waals surface area contributed by atoms with E-state index < -0.39 is 11.9 Å². The van der Waals surface area contributed by atoms with Crippen molar-refractivity contribution >= 4 is 39.6 Å². The lowest BCUT2D eigenvalue weighted by Crippen LogP contribution is -2.15. The number of nitrogens with one attached hydrogen (secondary N) is 1. The van der Waals surface area contributed by atoms with Crippen LogP contribution in [0.25, 0.3) is 16.9 Å². The van der Waals surface area contributed by atoms with Gasteiger partial charge in [0.2, 0.25) is 0 Å². The summed E-state index contributed by atoms with van der Waals surface area (Å²) < 4.78 is 8.45. The smallest absolute Gasteiger partial charge is 0.341 e. The number of Topliss-reactive ketones (excluding diaryl/α,β-unsaturated/α-hetero) is 1. The third kappa shape index (κ3) is 3.91. The van der Waals surface area contributed by atoms with E-state index in [9.17, 15) is 14.4 Å². The highest BCUT2D eigenvalue weighted by molar-refractivity contribution is 7.18. The highest BCUT2D eigenvalue weighted by atomic mass is 32.1. The van der Waals surface area contributed by atoms with Crippen LogP contribution in [0.4, 0.5) is 5.00 Å². The van der Waals surface area contributed by atoms with Crippen LogP contribution in [0.5, 0.6) is 0 Å². The summed E-state index contributed by atoms with van der Waals surface area (Å²) in [7, 11) is 1.85. The quantitative estimate of drug-likeness (QED) is 0.341. The van der Waals surface area contributed by atoms with E-state index in [1.54, 1.807) is 47.6 Å². The molecule has 0 radical (unpaired) electrons. The zero-order valence-electron chi connectivity index (χ0n) is 18.8. The molecule has 33 heavy (non-hydrogen) atoms. The summed E-state index contributed by atoms with van der Waals surface area (Å²) in [6, 6.07) is 3.35. The minimum absolute atomic E-state index is 0.113. The lowest BCUT2D eigenvalue weighted by Gasteiger charge is -2.06. The van der Waals surface area contributed by atoms with Gasteiger partial charge in [-0.1, -0.05) is 0 Å². The molecular weight excluding hydrogens is 444 g/mol. The zero-order valence-corrected chi connectivity index (χ0v) is 19.6. The summed E-state index contributed by atoms with van der Waals surface area (Å²) in [5, 5.41) is 11.7. The van der Waals surface area contributed by atoms with Gasteiger partial charge in [-0.25, -0.2) is 14.3 Å². The largest absolute Gasteiger partial charge is 0.462 e. The number of rotatable bonds is 6. The number of hydrogen-bond acceptors (Lipinski definition) is 8. The third-order valence-electron chi connectivity index (χ3n) is 5.27. The molecule has 0 unspecified atom stereocenters. The molecular formula is C22H22N6O4S. The molecule has 4 rings (SSSR count). The molecule has 10 nitrogen and oxygen atoms in total. The number of fused-ring (bicyclic) bond motifs is 1. The molecule has 1 N–H and O–H groups in total. The highest BCUT2D eigenvalue weighted by Crippen LogP contribution is 2.34. The van der Waals surface area contributed by atoms with Crippen molar-refractivity contribution in [2.45, 2.75) is 27.7 Å². The average molecular weight is 467 g/mol. The first kappa shape index (κ1) is 22.3. The molecule has 1 amide bonds. The van der Waals surface area contributed by atoms with Crippen LogP contribution in [0.3, 0.4) is 0 Å². The Morgan fingerprint density at radius 1 is 1.24 bits per heavy atom. The lowest BCUT2D eigenvalue weighted by atomic mass is 10.1. The van der Waals surface area contributed by atoms with Gasteiger partial charge in [-0.3, -0.25) is 14.3 Å². The molecule has 4 aromatic rings. The van der Waals surface area contributed by atoms with Crippen molar-refractivity contribution in [3.05, 3.63) is 51.9 Å². The fourth-order valence-electron chi connectivity index (χ4n) is 3.51. The van der Waals surface area contributed by atoms with Crippen molar-refractivity contribution < 1.29 is 19.1 Å². The molecule has 0 aliphatic carbocycles.